The Balaban J connectivity index is 1.86. The molecule has 0 fully saturated rings. The smallest absolute Gasteiger partial charge is 0.119 e. The second-order valence-corrected chi connectivity index (χ2v) is 4.83. The fourth-order valence-electron chi connectivity index (χ4n) is 2.47. The SMILES string of the molecule is COc1ccc2c(c1)CC(c1ccc(C)cc1)N2. The molecule has 1 aliphatic rings. The van der Waals surface area contributed by atoms with Crippen LogP contribution in [-0.2, 0) is 6.42 Å². The van der Waals surface area contributed by atoms with E-state index in [9.17, 15) is 0 Å². The Labute approximate surface area is 108 Å². The molecule has 0 radical (unpaired) electrons. The van der Waals surface area contributed by atoms with E-state index in [1.807, 2.05) is 6.07 Å². The second-order valence-electron chi connectivity index (χ2n) is 4.83. The molecule has 0 spiro atoms. The van der Waals surface area contributed by atoms with Crippen molar-refractivity contribution in [3.63, 3.8) is 0 Å². The molecule has 0 aliphatic carbocycles. The minimum atomic E-state index is 0.382. The van der Waals surface area contributed by atoms with Gasteiger partial charge in [-0.3, -0.25) is 0 Å². The first kappa shape index (κ1) is 11.1. The van der Waals surface area contributed by atoms with Crippen LogP contribution in [0.25, 0.3) is 0 Å². The van der Waals surface area contributed by atoms with E-state index >= 15 is 0 Å². The number of nitrogens with one attached hydrogen (secondary N) is 1. The predicted molar refractivity (Wildman–Crippen MR) is 74.2 cm³/mol. The molecule has 1 unspecified atom stereocenters. The maximum atomic E-state index is 5.27. The molecule has 0 amide bonds. The Morgan fingerprint density at radius 2 is 1.89 bits per heavy atom. The largest absolute Gasteiger partial charge is 0.497 e. The van der Waals surface area contributed by atoms with Gasteiger partial charge in [0.1, 0.15) is 5.75 Å². The van der Waals surface area contributed by atoms with Gasteiger partial charge >= 0.3 is 0 Å². The summed E-state index contributed by atoms with van der Waals surface area (Å²) in [7, 11) is 1.71. The molecule has 1 aliphatic heterocycles. The quantitative estimate of drug-likeness (QED) is 0.862. The molecule has 0 aromatic heterocycles. The highest BCUT2D eigenvalue weighted by molar-refractivity contribution is 5.60. The first-order valence-electron chi connectivity index (χ1n) is 6.26. The fraction of sp³-hybridized carbons (Fsp3) is 0.250. The van der Waals surface area contributed by atoms with E-state index in [0.29, 0.717) is 6.04 Å². The minimum absolute atomic E-state index is 0.382. The molecule has 3 rings (SSSR count). The molecule has 2 nitrogen and oxygen atoms in total. The number of aryl methyl sites for hydroxylation is 1. The number of fused-ring (bicyclic) bond motifs is 1. The lowest BCUT2D eigenvalue weighted by Crippen LogP contribution is -2.05. The van der Waals surface area contributed by atoms with Crippen molar-refractivity contribution in [3.05, 3.63) is 59.2 Å². The summed E-state index contributed by atoms with van der Waals surface area (Å²) in [5.74, 6) is 0.931. The number of methoxy groups -OCH3 is 1. The number of ether oxygens (including phenoxy) is 1. The molecule has 1 N–H and O–H groups in total. The maximum absolute atomic E-state index is 5.27. The van der Waals surface area contributed by atoms with Crippen LogP contribution in [0.1, 0.15) is 22.7 Å². The highest BCUT2D eigenvalue weighted by Crippen LogP contribution is 2.36. The summed E-state index contributed by atoms with van der Waals surface area (Å²) in [6, 6.07) is 15.4. The molecule has 92 valence electrons. The topological polar surface area (TPSA) is 21.3 Å². The number of anilines is 1. The molecule has 0 saturated heterocycles. The summed E-state index contributed by atoms with van der Waals surface area (Å²) < 4.78 is 5.27. The van der Waals surface area contributed by atoms with Crippen molar-refractivity contribution in [2.45, 2.75) is 19.4 Å². The molecule has 2 aromatic rings. The Morgan fingerprint density at radius 1 is 1.11 bits per heavy atom. The molecule has 0 bridgehead atoms. The Bertz CT molecular complexity index is 560. The first-order chi connectivity index (χ1) is 8.76. The first-order valence-corrected chi connectivity index (χ1v) is 6.26. The lowest BCUT2D eigenvalue weighted by molar-refractivity contribution is 0.414. The van der Waals surface area contributed by atoms with Crippen LogP contribution in [0.5, 0.6) is 5.75 Å². The third-order valence-electron chi connectivity index (χ3n) is 3.55. The molecule has 0 saturated carbocycles. The van der Waals surface area contributed by atoms with Crippen molar-refractivity contribution in [1.82, 2.24) is 0 Å². The van der Waals surface area contributed by atoms with Crippen LogP contribution in [0.2, 0.25) is 0 Å². The third-order valence-corrected chi connectivity index (χ3v) is 3.55. The summed E-state index contributed by atoms with van der Waals surface area (Å²) in [5, 5.41) is 3.57. The van der Waals surface area contributed by atoms with Crippen LogP contribution < -0.4 is 10.1 Å². The lowest BCUT2D eigenvalue weighted by Gasteiger charge is -2.11. The van der Waals surface area contributed by atoms with E-state index in [2.05, 4.69) is 48.6 Å². The van der Waals surface area contributed by atoms with Crippen LogP contribution in [0.4, 0.5) is 5.69 Å². The Morgan fingerprint density at radius 3 is 2.61 bits per heavy atom. The normalized spacial score (nSPS) is 17.1. The van der Waals surface area contributed by atoms with Crippen molar-refractivity contribution in [1.29, 1.82) is 0 Å². The predicted octanol–water partition coefficient (Wildman–Crippen LogP) is 3.71. The fourth-order valence-corrected chi connectivity index (χ4v) is 2.47. The van der Waals surface area contributed by atoms with Crippen molar-refractivity contribution >= 4 is 5.69 Å². The summed E-state index contributed by atoms with van der Waals surface area (Å²) in [6.45, 7) is 2.12. The molecule has 1 atom stereocenters. The van der Waals surface area contributed by atoms with Crippen molar-refractivity contribution in [2.24, 2.45) is 0 Å². The van der Waals surface area contributed by atoms with Gasteiger partial charge in [0.15, 0.2) is 0 Å². The van der Waals surface area contributed by atoms with Crippen LogP contribution in [0.3, 0.4) is 0 Å². The monoisotopic (exact) mass is 239 g/mol. The number of rotatable bonds is 2. The number of hydrogen-bond acceptors (Lipinski definition) is 2. The Kier molecular flexibility index (Phi) is 2.71. The highest BCUT2D eigenvalue weighted by Gasteiger charge is 2.22. The summed E-state index contributed by atoms with van der Waals surface area (Å²) in [6.07, 6.45) is 1.02. The van der Waals surface area contributed by atoms with E-state index in [1.165, 1.54) is 22.4 Å². The molecule has 2 heteroatoms. The number of benzene rings is 2. The minimum Gasteiger partial charge on any atom is -0.497 e. The summed E-state index contributed by atoms with van der Waals surface area (Å²) in [5.41, 5.74) is 5.20. The molecule has 1 heterocycles. The second kappa shape index (κ2) is 4.37. The zero-order valence-corrected chi connectivity index (χ0v) is 10.7. The average molecular weight is 239 g/mol. The van der Waals surface area contributed by atoms with Gasteiger partial charge in [0.05, 0.1) is 13.2 Å². The van der Waals surface area contributed by atoms with Crippen LogP contribution in [-0.4, -0.2) is 7.11 Å². The van der Waals surface area contributed by atoms with Gasteiger partial charge in [-0.25, -0.2) is 0 Å². The molecule has 18 heavy (non-hydrogen) atoms. The van der Waals surface area contributed by atoms with Gasteiger partial charge < -0.3 is 10.1 Å². The van der Waals surface area contributed by atoms with Gasteiger partial charge in [-0.15, -0.1) is 0 Å². The standard InChI is InChI=1S/C16H17NO/c1-11-3-5-12(6-4-11)16-10-13-9-14(18-2)7-8-15(13)17-16/h3-9,16-17H,10H2,1-2H3. The van der Waals surface area contributed by atoms with Crippen LogP contribution >= 0.6 is 0 Å². The van der Waals surface area contributed by atoms with Gasteiger partial charge in [0, 0.05) is 5.69 Å². The maximum Gasteiger partial charge on any atom is 0.119 e. The van der Waals surface area contributed by atoms with Gasteiger partial charge in [-0.05, 0) is 42.7 Å². The van der Waals surface area contributed by atoms with Gasteiger partial charge in [-0.1, -0.05) is 29.8 Å². The van der Waals surface area contributed by atoms with E-state index in [1.54, 1.807) is 7.11 Å². The average Bonchev–Trinajstić information content (AvgIpc) is 2.82. The summed E-state index contributed by atoms with van der Waals surface area (Å²) in [4.78, 5) is 0. The highest BCUT2D eigenvalue weighted by atomic mass is 16.5. The zero-order valence-electron chi connectivity index (χ0n) is 10.7. The van der Waals surface area contributed by atoms with Crippen molar-refractivity contribution < 1.29 is 4.74 Å². The summed E-state index contributed by atoms with van der Waals surface area (Å²) >= 11 is 0. The number of hydrogen-bond donors (Lipinski definition) is 1. The zero-order chi connectivity index (χ0) is 12.5. The van der Waals surface area contributed by atoms with Gasteiger partial charge in [0.25, 0.3) is 0 Å². The van der Waals surface area contributed by atoms with Crippen molar-refractivity contribution in [2.75, 3.05) is 12.4 Å². The lowest BCUT2D eigenvalue weighted by atomic mass is 10.0. The molecular weight excluding hydrogens is 222 g/mol. The van der Waals surface area contributed by atoms with Gasteiger partial charge in [-0.2, -0.15) is 0 Å². The van der Waals surface area contributed by atoms with Crippen LogP contribution in [0.15, 0.2) is 42.5 Å². The van der Waals surface area contributed by atoms with E-state index in [-0.39, 0.29) is 0 Å². The van der Waals surface area contributed by atoms with E-state index in [0.717, 1.165) is 12.2 Å². The van der Waals surface area contributed by atoms with Crippen molar-refractivity contribution in [3.8, 4) is 5.75 Å². The van der Waals surface area contributed by atoms with Crippen LogP contribution in [0, 0.1) is 6.92 Å². The van der Waals surface area contributed by atoms with E-state index < -0.39 is 0 Å². The van der Waals surface area contributed by atoms with Gasteiger partial charge in [0.2, 0.25) is 0 Å². The Hall–Kier alpha value is -1.96. The van der Waals surface area contributed by atoms with E-state index in [4.69, 9.17) is 4.74 Å². The third kappa shape index (κ3) is 1.94. The molecular formula is C16H17NO. The molecule has 2 aromatic carbocycles.